The molecule has 0 unspecified atom stereocenters. The van der Waals surface area contributed by atoms with Gasteiger partial charge in [0.1, 0.15) is 5.75 Å². The Morgan fingerprint density at radius 3 is 2.93 bits per heavy atom. The van der Waals surface area contributed by atoms with E-state index in [4.69, 9.17) is 15.6 Å². The Balaban J connectivity index is 3.01. The number of nitrogen functional groups attached to an aromatic ring is 1. The molecule has 0 spiro atoms. The number of carboxylic acid groups (broad SMARTS) is 1. The zero-order valence-corrected chi connectivity index (χ0v) is 8.43. The van der Waals surface area contributed by atoms with E-state index < -0.39 is 5.97 Å². The van der Waals surface area contributed by atoms with Crippen molar-refractivity contribution in [2.75, 3.05) is 12.3 Å². The second kappa shape index (κ2) is 5.05. The van der Waals surface area contributed by atoms with Gasteiger partial charge in [0, 0.05) is 17.3 Å². The van der Waals surface area contributed by atoms with Gasteiger partial charge in [-0.3, -0.25) is 0 Å². The van der Waals surface area contributed by atoms with Crippen molar-refractivity contribution in [3.63, 3.8) is 0 Å². The number of hydrogen-bond donors (Lipinski definition) is 2. The Morgan fingerprint density at radius 1 is 1.60 bits per heavy atom. The molecule has 0 amide bonds. The number of nitrogens with two attached hydrogens (primary N) is 1. The van der Waals surface area contributed by atoms with Gasteiger partial charge in [-0.05, 0) is 31.2 Å². The van der Waals surface area contributed by atoms with E-state index in [0.717, 1.165) is 6.08 Å². The van der Waals surface area contributed by atoms with Crippen LogP contribution in [0.4, 0.5) is 5.69 Å². The average Bonchev–Trinajstić information content (AvgIpc) is 2.18. The fourth-order valence-electron chi connectivity index (χ4n) is 1.15. The van der Waals surface area contributed by atoms with Crippen LogP contribution in [0.25, 0.3) is 6.08 Å². The normalized spacial score (nSPS) is 10.5. The Kier molecular flexibility index (Phi) is 3.74. The summed E-state index contributed by atoms with van der Waals surface area (Å²) >= 11 is 0. The lowest BCUT2D eigenvalue weighted by molar-refractivity contribution is -0.131. The average molecular weight is 207 g/mol. The zero-order chi connectivity index (χ0) is 11.3. The van der Waals surface area contributed by atoms with E-state index in [2.05, 4.69) is 0 Å². The summed E-state index contributed by atoms with van der Waals surface area (Å²) in [7, 11) is 0. The number of carboxylic acids is 1. The molecule has 0 fully saturated rings. The van der Waals surface area contributed by atoms with E-state index in [1.54, 1.807) is 18.2 Å². The van der Waals surface area contributed by atoms with Crippen molar-refractivity contribution >= 4 is 17.7 Å². The van der Waals surface area contributed by atoms with Crippen LogP contribution in [0, 0.1) is 0 Å². The molecule has 0 aliphatic rings. The van der Waals surface area contributed by atoms with Gasteiger partial charge in [-0.2, -0.15) is 0 Å². The van der Waals surface area contributed by atoms with E-state index in [9.17, 15) is 4.79 Å². The van der Waals surface area contributed by atoms with Crippen LogP contribution in [0.5, 0.6) is 5.75 Å². The first-order valence-corrected chi connectivity index (χ1v) is 4.57. The summed E-state index contributed by atoms with van der Waals surface area (Å²) in [4.78, 5) is 10.4. The van der Waals surface area contributed by atoms with Crippen LogP contribution in [0.2, 0.25) is 0 Å². The third-order valence-corrected chi connectivity index (χ3v) is 1.74. The molecule has 80 valence electrons. The Bertz CT molecular complexity index is 385. The standard InChI is InChI=1S/C11H13NO3/c1-2-15-10-5-4-9(12)7-8(10)3-6-11(13)14/h3-7H,2,12H2,1H3,(H,13,14). The molecule has 0 heterocycles. The quantitative estimate of drug-likeness (QED) is 0.583. The minimum absolute atomic E-state index is 0.526. The molecule has 3 N–H and O–H groups in total. The smallest absolute Gasteiger partial charge is 0.328 e. The summed E-state index contributed by atoms with van der Waals surface area (Å²) in [5.41, 5.74) is 6.83. The maximum atomic E-state index is 10.4. The number of hydrogen-bond acceptors (Lipinski definition) is 3. The minimum atomic E-state index is -1.00. The first-order chi connectivity index (χ1) is 7.13. The number of rotatable bonds is 4. The monoisotopic (exact) mass is 207 g/mol. The van der Waals surface area contributed by atoms with E-state index in [-0.39, 0.29) is 0 Å². The van der Waals surface area contributed by atoms with Crippen molar-refractivity contribution in [2.24, 2.45) is 0 Å². The molecule has 1 rings (SSSR count). The van der Waals surface area contributed by atoms with Crippen LogP contribution in [-0.4, -0.2) is 17.7 Å². The molecule has 0 atom stereocenters. The van der Waals surface area contributed by atoms with E-state index in [1.165, 1.54) is 6.08 Å². The lowest BCUT2D eigenvalue weighted by Crippen LogP contribution is -1.96. The number of aliphatic carboxylic acids is 1. The van der Waals surface area contributed by atoms with Crippen molar-refractivity contribution in [2.45, 2.75) is 6.92 Å². The van der Waals surface area contributed by atoms with E-state index in [0.29, 0.717) is 23.6 Å². The van der Waals surface area contributed by atoms with Crippen LogP contribution in [0.15, 0.2) is 24.3 Å². The molecule has 1 aromatic carbocycles. The van der Waals surface area contributed by atoms with Gasteiger partial charge in [-0.25, -0.2) is 4.79 Å². The Labute approximate surface area is 88.0 Å². The highest BCUT2D eigenvalue weighted by Crippen LogP contribution is 2.22. The Hall–Kier alpha value is -1.97. The van der Waals surface area contributed by atoms with Gasteiger partial charge in [0.15, 0.2) is 0 Å². The zero-order valence-electron chi connectivity index (χ0n) is 8.43. The molecule has 0 saturated carbocycles. The van der Waals surface area contributed by atoms with Crippen molar-refractivity contribution in [1.82, 2.24) is 0 Å². The molecule has 0 aromatic heterocycles. The van der Waals surface area contributed by atoms with E-state index in [1.807, 2.05) is 6.92 Å². The second-order valence-corrected chi connectivity index (χ2v) is 2.90. The molecule has 0 aliphatic heterocycles. The third-order valence-electron chi connectivity index (χ3n) is 1.74. The van der Waals surface area contributed by atoms with Gasteiger partial charge >= 0.3 is 5.97 Å². The van der Waals surface area contributed by atoms with Gasteiger partial charge in [0.05, 0.1) is 6.61 Å². The van der Waals surface area contributed by atoms with Gasteiger partial charge in [0.25, 0.3) is 0 Å². The molecule has 0 radical (unpaired) electrons. The summed E-state index contributed by atoms with van der Waals surface area (Å²) in [6, 6.07) is 5.11. The lowest BCUT2D eigenvalue weighted by atomic mass is 10.1. The summed E-state index contributed by atoms with van der Waals surface area (Å²) in [6.07, 6.45) is 2.51. The van der Waals surface area contributed by atoms with Crippen LogP contribution in [0.3, 0.4) is 0 Å². The summed E-state index contributed by atoms with van der Waals surface area (Å²) < 4.78 is 5.32. The van der Waals surface area contributed by atoms with Gasteiger partial charge in [0.2, 0.25) is 0 Å². The number of ether oxygens (including phenoxy) is 1. The first kappa shape index (κ1) is 11.1. The first-order valence-electron chi connectivity index (χ1n) is 4.57. The predicted molar refractivity (Wildman–Crippen MR) is 58.7 cm³/mol. The molecule has 0 bridgehead atoms. The van der Waals surface area contributed by atoms with Gasteiger partial charge in [-0.1, -0.05) is 0 Å². The van der Waals surface area contributed by atoms with Crippen molar-refractivity contribution < 1.29 is 14.6 Å². The molecule has 1 aromatic rings. The molecule has 0 aliphatic carbocycles. The highest BCUT2D eigenvalue weighted by Gasteiger charge is 2.01. The highest BCUT2D eigenvalue weighted by atomic mass is 16.5. The van der Waals surface area contributed by atoms with Crippen LogP contribution < -0.4 is 10.5 Å². The fourth-order valence-corrected chi connectivity index (χ4v) is 1.15. The predicted octanol–water partition coefficient (Wildman–Crippen LogP) is 1.77. The summed E-state index contributed by atoms with van der Waals surface area (Å²) in [6.45, 7) is 2.39. The third kappa shape index (κ3) is 3.34. The lowest BCUT2D eigenvalue weighted by Gasteiger charge is -2.07. The topological polar surface area (TPSA) is 72.5 Å². The Morgan fingerprint density at radius 2 is 2.33 bits per heavy atom. The molecule has 4 nitrogen and oxygen atoms in total. The maximum Gasteiger partial charge on any atom is 0.328 e. The van der Waals surface area contributed by atoms with E-state index >= 15 is 0 Å². The molecular weight excluding hydrogens is 194 g/mol. The number of benzene rings is 1. The largest absolute Gasteiger partial charge is 0.493 e. The minimum Gasteiger partial charge on any atom is -0.493 e. The highest BCUT2D eigenvalue weighted by molar-refractivity contribution is 5.86. The molecular formula is C11H13NO3. The van der Waals surface area contributed by atoms with Crippen LogP contribution >= 0.6 is 0 Å². The van der Waals surface area contributed by atoms with Crippen molar-refractivity contribution in [3.8, 4) is 5.75 Å². The molecule has 4 heteroatoms. The number of anilines is 1. The van der Waals surface area contributed by atoms with Crippen molar-refractivity contribution in [1.29, 1.82) is 0 Å². The van der Waals surface area contributed by atoms with Crippen LogP contribution in [-0.2, 0) is 4.79 Å². The number of carbonyl (C=O) groups is 1. The van der Waals surface area contributed by atoms with Crippen molar-refractivity contribution in [3.05, 3.63) is 29.8 Å². The van der Waals surface area contributed by atoms with Gasteiger partial charge < -0.3 is 15.6 Å². The molecule has 15 heavy (non-hydrogen) atoms. The summed E-state index contributed by atoms with van der Waals surface area (Å²) in [5.74, 6) is -0.371. The fraction of sp³-hybridized carbons (Fsp3) is 0.182. The molecule has 0 saturated heterocycles. The SMILES string of the molecule is CCOc1ccc(N)cc1C=CC(=O)O. The maximum absolute atomic E-state index is 10.4. The van der Waals surface area contributed by atoms with Gasteiger partial charge in [-0.15, -0.1) is 0 Å². The second-order valence-electron chi connectivity index (χ2n) is 2.90. The van der Waals surface area contributed by atoms with Crippen LogP contribution in [0.1, 0.15) is 12.5 Å². The summed E-state index contributed by atoms with van der Waals surface area (Å²) in [5, 5.41) is 8.51.